The highest BCUT2D eigenvalue weighted by Gasteiger charge is 2.21. The van der Waals surface area contributed by atoms with E-state index in [1.807, 2.05) is 11.4 Å². The van der Waals surface area contributed by atoms with Gasteiger partial charge >= 0.3 is 0 Å². The molecule has 1 amide bonds. The van der Waals surface area contributed by atoms with Gasteiger partial charge in [0.05, 0.1) is 12.0 Å². The monoisotopic (exact) mass is 238 g/mol. The van der Waals surface area contributed by atoms with Gasteiger partial charge in [0, 0.05) is 6.54 Å². The van der Waals surface area contributed by atoms with Crippen LogP contribution >= 0.6 is 11.3 Å². The molecule has 0 bridgehead atoms. The number of nitrogens with one attached hydrogen (secondary N) is 1. The van der Waals surface area contributed by atoms with E-state index in [9.17, 15) is 4.79 Å². The summed E-state index contributed by atoms with van der Waals surface area (Å²) in [6.07, 6.45) is 2.47. The largest absolute Gasteiger partial charge is 0.468 e. The van der Waals surface area contributed by atoms with E-state index in [0.29, 0.717) is 16.8 Å². The van der Waals surface area contributed by atoms with Gasteiger partial charge in [-0.05, 0) is 30.2 Å². The van der Waals surface area contributed by atoms with Crippen molar-refractivity contribution in [3.05, 3.63) is 22.4 Å². The Morgan fingerprint density at radius 3 is 3.06 bits per heavy atom. The fourth-order valence-electron chi connectivity index (χ4n) is 1.23. The van der Waals surface area contributed by atoms with E-state index in [1.165, 1.54) is 31.3 Å². The molecule has 0 aliphatic heterocycles. The number of hydrogen-bond acceptors (Lipinski definition) is 4. The normalized spacial score (nSPS) is 15.9. The second-order valence-corrected chi connectivity index (χ2v) is 4.67. The SMILES string of the molecule is COC(=NCC1CC1)NC(=O)c1cccs1. The van der Waals surface area contributed by atoms with E-state index in [1.54, 1.807) is 6.07 Å². The Morgan fingerprint density at radius 2 is 2.50 bits per heavy atom. The minimum absolute atomic E-state index is 0.161. The van der Waals surface area contributed by atoms with Gasteiger partial charge in [0.25, 0.3) is 11.9 Å². The van der Waals surface area contributed by atoms with E-state index in [0.717, 1.165) is 6.54 Å². The van der Waals surface area contributed by atoms with Gasteiger partial charge in [-0.25, -0.2) is 4.99 Å². The zero-order chi connectivity index (χ0) is 11.4. The van der Waals surface area contributed by atoms with Crippen molar-refractivity contribution in [3.63, 3.8) is 0 Å². The third kappa shape index (κ3) is 3.06. The van der Waals surface area contributed by atoms with Gasteiger partial charge in [-0.2, -0.15) is 0 Å². The van der Waals surface area contributed by atoms with Crippen LogP contribution in [0.4, 0.5) is 0 Å². The van der Waals surface area contributed by atoms with Crippen LogP contribution in [0, 0.1) is 5.92 Å². The van der Waals surface area contributed by atoms with Gasteiger partial charge in [-0.3, -0.25) is 10.1 Å². The number of nitrogens with zero attached hydrogens (tertiary/aromatic N) is 1. The lowest BCUT2D eigenvalue weighted by Gasteiger charge is -2.05. The van der Waals surface area contributed by atoms with Gasteiger partial charge in [-0.1, -0.05) is 6.07 Å². The van der Waals surface area contributed by atoms with Crippen LogP contribution in [0.1, 0.15) is 22.5 Å². The van der Waals surface area contributed by atoms with E-state index < -0.39 is 0 Å². The van der Waals surface area contributed by atoms with Crippen LogP contribution in [-0.2, 0) is 4.74 Å². The molecule has 1 heterocycles. The zero-order valence-corrected chi connectivity index (χ0v) is 9.92. The molecule has 1 saturated carbocycles. The molecule has 1 N–H and O–H groups in total. The number of hydrogen-bond donors (Lipinski definition) is 1. The second-order valence-electron chi connectivity index (χ2n) is 3.72. The number of carbonyl (C=O) groups excluding carboxylic acids is 1. The molecule has 5 heteroatoms. The van der Waals surface area contributed by atoms with Crippen molar-refractivity contribution in [2.75, 3.05) is 13.7 Å². The first-order chi connectivity index (χ1) is 7.79. The predicted octanol–water partition coefficient (Wildman–Crippen LogP) is 1.89. The average Bonchev–Trinajstić information content (AvgIpc) is 2.95. The molecular formula is C11H14N2O2S. The van der Waals surface area contributed by atoms with Crippen LogP contribution in [0.25, 0.3) is 0 Å². The van der Waals surface area contributed by atoms with Gasteiger partial charge in [0.15, 0.2) is 0 Å². The highest BCUT2D eigenvalue weighted by molar-refractivity contribution is 7.12. The summed E-state index contributed by atoms with van der Waals surface area (Å²) in [6.45, 7) is 0.744. The highest BCUT2D eigenvalue weighted by Crippen LogP contribution is 2.28. The van der Waals surface area contributed by atoms with Crippen molar-refractivity contribution in [1.29, 1.82) is 0 Å². The van der Waals surface area contributed by atoms with E-state index in [2.05, 4.69) is 10.3 Å². The first-order valence-electron chi connectivity index (χ1n) is 5.23. The maximum absolute atomic E-state index is 11.7. The van der Waals surface area contributed by atoms with E-state index in [4.69, 9.17) is 4.74 Å². The highest BCUT2D eigenvalue weighted by atomic mass is 32.1. The number of amides is 1. The minimum Gasteiger partial charge on any atom is -0.468 e. The summed E-state index contributed by atoms with van der Waals surface area (Å²) in [5.74, 6) is 0.523. The van der Waals surface area contributed by atoms with Crippen molar-refractivity contribution in [3.8, 4) is 0 Å². The molecule has 0 aromatic carbocycles. The molecule has 2 rings (SSSR count). The molecular weight excluding hydrogens is 224 g/mol. The standard InChI is InChI=1S/C11H14N2O2S/c1-15-11(12-7-8-4-5-8)13-10(14)9-3-2-6-16-9/h2-3,6,8H,4-5,7H2,1H3,(H,12,13,14). The molecule has 1 aromatic rings. The molecule has 0 atom stereocenters. The Morgan fingerprint density at radius 1 is 1.69 bits per heavy atom. The molecule has 0 spiro atoms. The Labute approximate surface area is 98.3 Å². The lowest BCUT2D eigenvalue weighted by Crippen LogP contribution is -2.31. The van der Waals surface area contributed by atoms with Crippen molar-refractivity contribution >= 4 is 23.3 Å². The fourth-order valence-corrected chi connectivity index (χ4v) is 1.85. The molecule has 0 unspecified atom stereocenters. The molecule has 1 fully saturated rings. The number of rotatable bonds is 3. The average molecular weight is 238 g/mol. The second kappa shape index (κ2) is 5.12. The summed E-state index contributed by atoms with van der Waals surface area (Å²) < 4.78 is 5.02. The molecule has 86 valence electrons. The zero-order valence-electron chi connectivity index (χ0n) is 9.10. The summed E-state index contributed by atoms with van der Waals surface area (Å²) in [5.41, 5.74) is 0. The summed E-state index contributed by atoms with van der Waals surface area (Å²) in [4.78, 5) is 16.6. The fraction of sp³-hybridized carbons (Fsp3) is 0.455. The summed E-state index contributed by atoms with van der Waals surface area (Å²) in [6, 6.07) is 3.92. The molecule has 0 saturated heterocycles. The predicted molar refractivity (Wildman–Crippen MR) is 63.8 cm³/mol. The Kier molecular flexibility index (Phi) is 3.56. The summed E-state index contributed by atoms with van der Waals surface area (Å²) in [7, 11) is 1.51. The van der Waals surface area contributed by atoms with Gasteiger partial charge in [0.1, 0.15) is 0 Å². The quantitative estimate of drug-likeness (QED) is 0.646. The molecule has 1 aliphatic carbocycles. The van der Waals surface area contributed by atoms with E-state index >= 15 is 0 Å². The van der Waals surface area contributed by atoms with Gasteiger partial charge < -0.3 is 4.74 Å². The lowest BCUT2D eigenvalue weighted by atomic mass is 10.4. The van der Waals surface area contributed by atoms with Crippen molar-refractivity contribution in [1.82, 2.24) is 5.32 Å². The van der Waals surface area contributed by atoms with Crippen LogP contribution in [0.15, 0.2) is 22.5 Å². The molecule has 16 heavy (non-hydrogen) atoms. The number of ether oxygens (including phenoxy) is 1. The minimum atomic E-state index is -0.161. The van der Waals surface area contributed by atoms with Crippen LogP contribution in [-0.4, -0.2) is 25.6 Å². The topological polar surface area (TPSA) is 50.7 Å². The van der Waals surface area contributed by atoms with Crippen LogP contribution < -0.4 is 5.32 Å². The van der Waals surface area contributed by atoms with E-state index in [-0.39, 0.29) is 5.91 Å². The third-order valence-electron chi connectivity index (χ3n) is 2.35. The maximum atomic E-state index is 11.7. The first-order valence-corrected chi connectivity index (χ1v) is 6.11. The summed E-state index contributed by atoms with van der Waals surface area (Å²) >= 11 is 1.40. The molecule has 0 radical (unpaired) electrons. The van der Waals surface area contributed by atoms with Gasteiger partial charge in [-0.15, -0.1) is 11.3 Å². The number of carbonyl (C=O) groups is 1. The first kappa shape index (κ1) is 11.1. The number of amidine groups is 1. The Balaban J connectivity index is 1.90. The Bertz CT molecular complexity index is 383. The Hall–Kier alpha value is -1.36. The van der Waals surface area contributed by atoms with Crippen molar-refractivity contribution in [2.45, 2.75) is 12.8 Å². The number of aliphatic imine (C=N–C) groups is 1. The number of thiophene rings is 1. The van der Waals surface area contributed by atoms with Crippen molar-refractivity contribution in [2.24, 2.45) is 10.9 Å². The maximum Gasteiger partial charge on any atom is 0.291 e. The smallest absolute Gasteiger partial charge is 0.291 e. The number of methoxy groups -OCH3 is 1. The van der Waals surface area contributed by atoms with Gasteiger partial charge in [0.2, 0.25) is 0 Å². The van der Waals surface area contributed by atoms with Crippen LogP contribution in [0.2, 0.25) is 0 Å². The third-order valence-corrected chi connectivity index (χ3v) is 3.22. The summed E-state index contributed by atoms with van der Waals surface area (Å²) in [5, 5.41) is 4.52. The molecule has 4 nitrogen and oxygen atoms in total. The molecule has 1 aromatic heterocycles. The van der Waals surface area contributed by atoms with Crippen LogP contribution in [0.5, 0.6) is 0 Å². The lowest BCUT2D eigenvalue weighted by molar-refractivity contribution is 0.0972. The van der Waals surface area contributed by atoms with Crippen LogP contribution in [0.3, 0.4) is 0 Å². The molecule has 1 aliphatic rings. The van der Waals surface area contributed by atoms with Crippen molar-refractivity contribution < 1.29 is 9.53 Å².